The second kappa shape index (κ2) is 10.2. The lowest BCUT2D eigenvalue weighted by Crippen LogP contribution is -2.17. The van der Waals surface area contributed by atoms with Crippen LogP contribution in [0, 0.1) is 17.8 Å². The van der Waals surface area contributed by atoms with E-state index in [1.54, 1.807) is 24.3 Å². The molecular weight excluding hydrogens is 328 g/mol. The molecule has 0 saturated carbocycles. The molecule has 4 heteroatoms. The molecule has 0 radical (unpaired) electrons. The van der Waals surface area contributed by atoms with E-state index in [0.29, 0.717) is 25.2 Å². The highest BCUT2D eigenvalue weighted by molar-refractivity contribution is 5.99. The van der Waals surface area contributed by atoms with Crippen molar-refractivity contribution in [3.63, 3.8) is 0 Å². The number of carbonyl (C=O) groups excluding carboxylic acids is 1. The predicted molar refractivity (Wildman–Crippen MR) is 99.8 cm³/mol. The van der Waals surface area contributed by atoms with E-state index in [4.69, 9.17) is 9.84 Å². The van der Waals surface area contributed by atoms with Gasteiger partial charge in [-0.15, -0.1) is 0 Å². The van der Waals surface area contributed by atoms with Gasteiger partial charge in [0.2, 0.25) is 0 Å². The van der Waals surface area contributed by atoms with Crippen LogP contribution >= 0.6 is 0 Å². The van der Waals surface area contributed by atoms with Crippen molar-refractivity contribution in [1.29, 1.82) is 0 Å². The van der Waals surface area contributed by atoms with Crippen LogP contribution < -0.4 is 0 Å². The predicted octanol–water partition coefficient (Wildman–Crippen LogP) is 3.94. The molecule has 0 aromatic heterocycles. The topological polar surface area (TPSA) is 63.6 Å². The van der Waals surface area contributed by atoms with Crippen LogP contribution in [0.1, 0.15) is 41.3 Å². The zero-order valence-corrected chi connectivity index (χ0v) is 14.8. The summed E-state index contributed by atoms with van der Waals surface area (Å²) in [7, 11) is 0. The molecule has 0 aliphatic carbocycles. The Hall–Kier alpha value is -2.90. The van der Waals surface area contributed by atoms with Crippen molar-refractivity contribution in [3.8, 4) is 11.8 Å². The van der Waals surface area contributed by atoms with E-state index in [0.717, 1.165) is 11.1 Å². The molecule has 0 amide bonds. The van der Waals surface area contributed by atoms with Gasteiger partial charge in [0.25, 0.3) is 0 Å². The summed E-state index contributed by atoms with van der Waals surface area (Å²) in [5, 5.41) is 8.89. The number of Topliss-reactive ketones (excluding diaryl/α,β-unsaturated/α-hetero) is 1. The maximum Gasteiger partial charge on any atom is 0.304 e. The summed E-state index contributed by atoms with van der Waals surface area (Å²) in [5.41, 5.74) is 2.41. The van der Waals surface area contributed by atoms with Crippen molar-refractivity contribution in [2.75, 3.05) is 6.61 Å². The van der Waals surface area contributed by atoms with E-state index in [9.17, 15) is 9.59 Å². The maximum atomic E-state index is 12.3. The maximum absolute atomic E-state index is 12.3. The van der Waals surface area contributed by atoms with Crippen LogP contribution in [0.15, 0.2) is 54.6 Å². The van der Waals surface area contributed by atoms with Crippen LogP contribution in [0.25, 0.3) is 0 Å². The van der Waals surface area contributed by atoms with E-state index in [1.165, 1.54) is 0 Å². The van der Waals surface area contributed by atoms with Gasteiger partial charge < -0.3 is 9.84 Å². The highest BCUT2D eigenvalue weighted by Crippen LogP contribution is 2.16. The molecule has 0 aliphatic heterocycles. The number of ketones is 1. The molecule has 0 heterocycles. The summed E-state index contributed by atoms with van der Waals surface area (Å²) >= 11 is 0. The van der Waals surface area contributed by atoms with Gasteiger partial charge in [0, 0.05) is 17.0 Å². The molecule has 0 spiro atoms. The first-order valence-electron chi connectivity index (χ1n) is 8.56. The number of ether oxygens (including phenoxy) is 1. The minimum atomic E-state index is -0.955. The first-order valence-corrected chi connectivity index (χ1v) is 8.56. The van der Waals surface area contributed by atoms with Gasteiger partial charge in [0.15, 0.2) is 5.78 Å². The molecular formula is C22H22O4. The molecule has 4 nitrogen and oxygen atoms in total. The van der Waals surface area contributed by atoms with Crippen molar-refractivity contribution < 1.29 is 19.4 Å². The largest absolute Gasteiger partial charge is 0.481 e. The van der Waals surface area contributed by atoms with E-state index in [2.05, 4.69) is 11.8 Å². The number of hydrogen-bond donors (Lipinski definition) is 1. The number of rotatable bonds is 8. The summed E-state index contributed by atoms with van der Waals surface area (Å²) in [4.78, 5) is 23.2. The van der Waals surface area contributed by atoms with Gasteiger partial charge in [0.05, 0.1) is 13.0 Å². The van der Waals surface area contributed by atoms with Gasteiger partial charge >= 0.3 is 5.97 Å². The fourth-order valence-corrected chi connectivity index (χ4v) is 2.52. The summed E-state index contributed by atoms with van der Waals surface area (Å²) in [5.74, 6) is 4.35. The van der Waals surface area contributed by atoms with Crippen LogP contribution in [-0.4, -0.2) is 23.5 Å². The van der Waals surface area contributed by atoms with Crippen molar-refractivity contribution >= 4 is 11.8 Å². The Morgan fingerprint density at radius 2 is 1.77 bits per heavy atom. The number of carboxylic acid groups (broad SMARTS) is 1. The lowest BCUT2D eigenvalue weighted by Gasteiger charge is -2.11. The Morgan fingerprint density at radius 1 is 1.08 bits per heavy atom. The molecule has 0 bridgehead atoms. The van der Waals surface area contributed by atoms with Crippen molar-refractivity contribution in [2.24, 2.45) is 5.92 Å². The lowest BCUT2D eigenvalue weighted by molar-refractivity contribution is -0.137. The van der Waals surface area contributed by atoms with E-state index in [-0.39, 0.29) is 12.2 Å². The van der Waals surface area contributed by atoms with Gasteiger partial charge in [-0.3, -0.25) is 9.59 Å². The van der Waals surface area contributed by atoms with Crippen LogP contribution in [0.2, 0.25) is 0 Å². The fourth-order valence-electron chi connectivity index (χ4n) is 2.52. The minimum Gasteiger partial charge on any atom is -0.481 e. The fraction of sp³-hybridized carbons (Fsp3) is 0.273. The Kier molecular flexibility index (Phi) is 7.60. The van der Waals surface area contributed by atoms with Crippen LogP contribution in [-0.2, 0) is 16.1 Å². The summed E-state index contributed by atoms with van der Waals surface area (Å²) < 4.78 is 5.50. The Labute approximate surface area is 153 Å². The molecule has 2 aromatic carbocycles. The normalized spacial score (nSPS) is 11.3. The number of carbonyl (C=O) groups is 2. The molecule has 1 atom stereocenters. The average Bonchev–Trinajstić information content (AvgIpc) is 2.66. The molecule has 0 saturated heterocycles. The third kappa shape index (κ3) is 6.19. The van der Waals surface area contributed by atoms with Crippen LogP contribution in [0.5, 0.6) is 0 Å². The molecule has 1 unspecified atom stereocenters. The van der Waals surface area contributed by atoms with Gasteiger partial charge in [0.1, 0.15) is 6.61 Å². The highest BCUT2D eigenvalue weighted by atomic mass is 16.5. The molecule has 0 aliphatic rings. The Bertz CT molecular complexity index is 782. The second-order valence-electron chi connectivity index (χ2n) is 5.92. The molecule has 1 N–H and O–H groups in total. The number of hydrogen-bond acceptors (Lipinski definition) is 3. The van der Waals surface area contributed by atoms with Crippen LogP contribution in [0.3, 0.4) is 0 Å². The summed E-state index contributed by atoms with van der Waals surface area (Å²) in [6.07, 6.45) is 0.362. The third-order valence-electron chi connectivity index (χ3n) is 3.97. The van der Waals surface area contributed by atoms with Crippen molar-refractivity contribution in [1.82, 2.24) is 0 Å². The van der Waals surface area contributed by atoms with E-state index < -0.39 is 11.9 Å². The molecule has 2 aromatic rings. The summed E-state index contributed by atoms with van der Waals surface area (Å²) in [6, 6.07) is 16.8. The second-order valence-corrected chi connectivity index (χ2v) is 5.92. The first-order chi connectivity index (χ1) is 12.6. The van der Waals surface area contributed by atoms with Crippen molar-refractivity contribution in [2.45, 2.75) is 26.4 Å². The lowest BCUT2D eigenvalue weighted by atomic mass is 9.92. The SMILES string of the molecule is CCC(CC(=O)O)C(=O)c1ccc(C#CCOCc2ccccc2)cc1. The third-order valence-corrected chi connectivity index (χ3v) is 3.97. The number of benzene rings is 2. The molecule has 26 heavy (non-hydrogen) atoms. The Balaban J connectivity index is 1.87. The minimum absolute atomic E-state index is 0.138. The number of aliphatic carboxylic acids is 1. The zero-order valence-electron chi connectivity index (χ0n) is 14.8. The molecule has 134 valence electrons. The molecule has 2 rings (SSSR count). The summed E-state index contributed by atoms with van der Waals surface area (Å²) in [6.45, 7) is 2.66. The van der Waals surface area contributed by atoms with Crippen LogP contribution in [0.4, 0.5) is 0 Å². The zero-order chi connectivity index (χ0) is 18.8. The first kappa shape index (κ1) is 19.4. The van der Waals surface area contributed by atoms with Gasteiger partial charge in [-0.1, -0.05) is 61.2 Å². The highest BCUT2D eigenvalue weighted by Gasteiger charge is 2.20. The van der Waals surface area contributed by atoms with Gasteiger partial charge in [-0.2, -0.15) is 0 Å². The molecule has 0 fully saturated rings. The van der Waals surface area contributed by atoms with Gasteiger partial charge in [-0.05, 0) is 24.1 Å². The van der Waals surface area contributed by atoms with Crippen molar-refractivity contribution in [3.05, 3.63) is 71.3 Å². The number of carboxylic acids is 1. The Morgan fingerprint density at radius 3 is 2.38 bits per heavy atom. The smallest absolute Gasteiger partial charge is 0.304 e. The monoisotopic (exact) mass is 350 g/mol. The van der Waals surface area contributed by atoms with E-state index in [1.807, 2.05) is 37.3 Å². The quantitative estimate of drug-likeness (QED) is 0.445. The van der Waals surface area contributed by atoms with E-state index >= 15 is 0 Å². The average molecular weight is 350 g/mol. The van der Waals surface area contributed by atoms with Gasteiger partial charge in [-0.25, -0.2) is 0 Å². The standard InChI is InChI=1S/C22H22O4/c1-2-19(15-21(23)24)22(25)20-12-10-17(11-13-20)9-6-14-26-16-18-7-4-3-5-8-18/h3-5,7-8,10-13,19H,2,14-16H2,1H3,(H,23,24).